The van der Waals surface area contributed by atoms with Crippen LogP contribution in [0.4, 0.5) is 0 Å². The van der Waals surface area contributed by atoms with Crippen molar-refractivity contribution in [3.63, 3.8) is 0 Å². The number of hydrogen-bond donors (Lipinski definition) is 0. The van der Waals surface area contributed by atoms with Gasteiger partial charge in [0.25, 0.3) is 0 Å². The van der Waals surface area contributed by atoms with Gasteiger partial charge in [0.1, 0.15) is 17.0 Å². The number of nitriles is 2. The zero-order valence-corrected chi connectivity index (χ0v) is 10.8. The van der Waals surface area contributed by atoms with Gasteiger partial charge in [0.2, 0.25) is 0 Å². The van der Waals surface area contributed by atoms with Crippen LogP contribution in [0.3, 0.4) is 0 Å². The lowest BCUT2D eigenvalue weighted by atomic mass is 10.2. The first kappa shape index (κ1) is 12.8. The molecule has 0 spiro atoms. The third-order valence-electron chi connectivity index (χ3n) is 2.51. The summed E-state index contributed by atoms with van der Waals surface area (Å²) in [5.41, 5.74) is 0.997. The van der Waals surface area contributed by atoms with Gasteiger partial charge in [-0.2, -0.15) is 10.5 Å². The molecule has 2 heterocycles. The highest BCUT2D eigenvalue weighted by Crippen LogP contribution is 2.20. The molecule has 2 rings (SSSR count). The molecule has 19 heavy (non-hydrogen) atoms. The van der Waals surface area contributed by atoms with Crippen LogP contribution < -0.4 is 0 Å². The van der Waals surface area contributed by atoms with Gasteiger partial charge >= 0.3 is 5.97 Å². The maximum absolute atomic E-state index is 11.5. The number of ether oxygens (including phenoxy) is 1. The SMILES string of the molecule is COC(=O)c1sccc1Cn1cnc(C#N)c1C#N. The number of methoxy groups -OCH3 is 1. The zero-order chi connectivity index (χ0) is 13.8. The highest BCUT2D eigenvalue weighted by atomic mass is 32.1. The molecule has 0 amide bonds. The molecule has 0 unspecified atom stereocenters. The molecule has 2 aromatic heterocycles. The molecule has 0 aliphatic rings. The van der Waals surface area contributed by atoms with Crippen LogP contribution in [0.2, 0.25) is 0 Å². The van der Waals surface area contributed by atoms with E-state index in [2.05, 4.69) is 9.72 Å². The Kier molecular flexibility index (Phi) is 3.60. The fourth-order valence-corrected chi connectivity index (χ4v) is 2.45. The third kappa shape index (κ3) is 2.32. The molecule has 6 nitrogen and oxygen atoms in total. The summed E-state index contributed by atoms with van der Waals surface area (Å²) in [6.45, 7) is 0.297. The molecule has 0 bridgehead atoms. The summed E-state index contributed by atoms with van der Waals surface area (Å²) in [6, 6.07) is 5.57. The molecular formula is C12H8N4O2S. The summed E-state index contributed by atoms with van der Waals surface area (Å²) in [5.74, 6) is -0.413. The van der Waals surface area contributed by atoms with Crippen LogP contribution in [-0.2, 0) is 11.3 Å². The highest BCUT2D eigenvalue weighted by molar-refractivity contribution is 7.12. The largest absolute Gasteiger partial charge is 0.465 e. The fourth-order valence-electron chi connectivity index (χ4n) is 1.62. The number of carbonyl (C=O) groups is 1. The van der Waals surface area contributed by atoms with Crippen molar-refractivity contribution in [1.29, 1.82) is 10.5 Å². The zero-order valence-electron chi connectivity index (χ0n) is 9.95. The number of hydrogen-bond acceptors (Lipinski definition) is 6. The Balaban J connectivity index is 2.36. The van der Waals surface area contributed by atoms with Crippen LogP contribution in [0.15, 0.2) is 17.8 Å². The first-order valence-corrected chi connectivity index (χ1v) is 6.09. The van der Waals surface area contributed by atoms with Crippen molar-refractivity contribution in [3.8, 4) is 12.1 Å². The molecule has 94 valence electrons. The lowest BCUT2D eigenvalue weighted by Crippen LogP contribution is -2.07. The maximum atomic E-state index is 11.5. The Morgan fingerprint density at radius 1 is 1.53 bits per heavy atom. The van der Waals surface area contributed by atoms with E-state index in [-0.39, 0.29) is 11.4 Å². The van der Waals surface area contributed by atoms with E-state index in [0.717, 1.165) is 5.56 Å². The van der Waals surface area contributed by atoms with Gasteiger partial charge in [0.05, 0.1) is 20.0 Å². The van der Waals surface area contributed by atoms with E-state index in [1.807, 2.05) is 12.1 Å². The molecule has 0 aliphatic carbocycles. The van der Waals surface area contributed by atoms with Crippen LogP contribution in [-0.4, -0.2) is 22.6 Å². The Morgan fingerprint density at radius 3 is 2.95 bits per heavy atom. The normalized spacial score (nSPS) is 9.63. The molecule has 0 fully saturated rings. The smallest absolute Gasteiger partial charge is 0.348 e. The van der Waals surface area contributed by atoms with Crippen molar-refractivity contribution in [3.05, 3.63) is 39.6 Å². The van der Waals surface area contributed by atoms with Gasteiger partial charge in [-0.25, -0.2) is 9.78 Å². The van der Waals surface area contributed by atoms with Crippen LogP contribution in [0, 0.1) is 22.7 Å². The number of rotatable bonds is 3. The van der Waals surface area contributed by atoms with Crippen molar-refractivity contribution < 1.29 is 9.53 Å². The van der Waals surface area contributed by atoms with E-state index in [9.17, 15) is 4.79 Å². The summed E-state index contributed by atoms with van der Waals surface area (Å²) < 4.78 is 6.22. The summed E-state index contributed by atoms with van der Waals surface area (Å²) >= 11 is 1.27. The standard InChI is InChI=1S/C12H8N4O2S/c1-18-12(17)11-8(2-3-19-11)6-16-7-15-9(4-13)10(16)5-14/h2-3,7H,6H2,1H3. The topological polar surface area (TPSA) is 91.7 Å². The van der Waals surface area contributed by atoms with Crippen LogP contribution in [0.25, 0.3) is 0 Å². The van der Waals surface area contributed by atoms with E-state index in [4.69, 9.17) is 10.5 Å². The van der Waals surface area contributed by atoms with Crippen LogP contribution in [0.5, 0.6) is 0 Å². The minimum atomic E-state index is -0.413. The Labute approximate surface area is 113 Å². The number of imidazole rings is 1. The Hall–Kier alpha value is -2.64. The second kappa shape index (κ2) is 5.34. The van der Waals surface area contributed by atoms with Gasteiger partial charge in [-0.1, -0.05) is 0 Å². The molecule has 0 atom stereocenters. The first-order chi connectivity index (χ1) is 9.21. The third-order valence-corrected chi connectivity index (χ3v) is 3.44. The van der Waals surface area contributed by atoms with Crippen molar-refractivity contribution in [2.45, 2.75) is 6.54 Å². The predicted molar refractivity (Wildman–Crippen MR) is 66.4 cm³/mol. The number of nitrogens with zero attached hydrogens (tertiary/aromatic N) is 4. The van der Waals surface area contributed by atoms with Crippen molar-refractivity contribution in [1.82, 2.24) is 9.55 Å². The second-order valence-corrected chi connectivity index (χ2v) is 4.48. The van der Waals surface area contributed by atoms with E-state index in [1.54, 1.807) is 11.4 Å². The quantitative estimate of drug-likeness (QED) is 0.790. The molecular weight excluding hydrogens is 264 g/mol. The van der Waals surface area contributed by atoms with Gasteiger partial charge < -0.3 is 9.30 Å². The average Bonchev–Trinajstić information content (AvgIpc) is 3.04. The molecule has 0 aliphatic heterocycles. The van der Waals surface area contributed by atoms with Gasteiger partial charge in [-0.3, -0.25) is 0 Å². The van der Waals surface area contributed by atoms with Crippen molar-refractivity contribution >= 4 is 17.3 Å². The number of esters is 1. The number of aromatic nitrogens is 2. The molecule has 0 N–H and O–H groups in total. The molecule has 0 radical (unpaired) electrons. The minimum Gasteiger partial charge on any atom is -0.465 e. The average molecular weight is 272 g/mol. The van der Waals surface area contributed by atoms with Gasteiger partial charge in [0, 0.05) is 0 Å². The number of thiophene rings is 1. The molecule has 0 saturated heterocycles. The lowest BCUT2D eigenvalue weighted by Gasteiger charge is -2.04. The molecule has 0 saturated carbocycles. The van der Waals surface area contributed by atoms with Crippen molar-refractivity contribution in [2.24, 2.45) is 0 Å². The fraction of sp³-hybridized carbons (Fsp3) is 0.167. The van der Waals surface area contributed by atoms with Crippen molar-refractivity contribution in [2.75, 3.05) is 7.11 Å². The minimum absolute atomic E-state index is 0.0809. The number of carbonyl (C=O) groups excluding carboxylic acids is 1. The van der Waals surface area contributed by atoms with E-state index in [1.165, 1.54) is 29.3 Å². The maximum Gasteiger partial charge on any atom is 0.348 e. The van der Waals surface area contributed by atoms with E-state index in [0.29, 0.717) is 11.4 Å². The lowest BCUT2D eigenvalue weighted by molar-refractivity contribution is 0.0605. The summed E-state index contributed by atoms with van der Waals surface area (Å²) in [5, 5.41) is 19.6. The molecule has 7 heteroatoms. The van der Waals surface area contributed by atoms with E-state index >= 15 is 0 Å². The molecule has 0 aromatic carbocycles. The van der Waals surface area contributed by atoms with Crippen LogP contribution in [0.1, 0.15) is 26.6 Å². The van der Waals surface area contributed by atoms with Gasteiger partial charge in [-0.15, -0.1) is 11.3 Å². The van der Waals surface area contributed by atoms with E-state index < -0.39 is 5.97 Å². The predicted octanol–water partition coefficient (Wildman–Crippen LogP) is 1.52. The van der Waals surface area contributed by atoms with Gasteiger partial charge in [-0.05, 0) is 17.0 Å². The first-order valence-electron chi connectivity index (χ1n) is 5.21. The van der Waals surface area contributed by atoms with Gasteiger partial charge in [0.15, 0.2) is 11.4 Å². The summed E-state index contributed by atoms with van der Waals surface area (Å²) in [4.78, 5) is 15.9. The molecule has 2 aromatic rings. The summed E-state index contributed by atoms with van der Waals surface area (Å²) in [7, 11) is 1.32. The summed E-state index contributed by atoms with van der Waals surface area (Å²) in [6.07, 6.45) is 1.41. The second-order valence-electron chi connectivity index (χ2n) is 3.56. The Bertz CT molecular complexity index is 702. The van der Waals surface area contributed by atoms with Crippen LogP contribution >= 0.6 is 11.3 Å². The monoisotopic (exact) mass is 272 g/mol. The highest BCUT2D eigenvalue weighted by Gasteiger charge is 2.16. The Morgan fingerprint density at radius 2 is 2.32 bits per heavy atom.